The molecule has 2 fully saturated rings. The molecule has 1 aliphatic heterocycles. The van der Waals surface area contributed by atoms with Crippen molar-refractivity contribution in [2.45, 2.75) is 38.1 Å². The number of thioether (sulfide) groups is 1. The summed E-state index contributed by atoms with van der Waals surface area (Å²) in [6.45, 7) is 4.06. The Morgan fingerprint density at radius 2 is 2.08 bits per heavy atom. The van der Waals surface area contributed by atoms with Crippen molar-refractivity contribution in [2.24, 2.45) is 0 Å². The molecule has 1 saturated heterocycles. The normalized spacial score (nSPS) is 19.9. The van der Waals surface area contributed by atoms with Crippen molar-refractivity contribution in [3.8, 4) is 11.5 Å². The molecule has 0 radical (unpaired) electrons. The first-order valence-corrected chi connectivity index (χ1v) is 10.1. The van der Waals surface area contributed by atoms with Crippen molar-refractivity contribution in [3.63, 3.8) is 0 Å². The fourth-order valence-corrected chi connectivity index (χ4v) is 4.73. The zero-order valence-corrected chi connectivity index (χ0v) is 16.5. The zero-order valence-electron chi connectivity index (χ0n) is 14.9. The predicted octanol–water partition coefficient (Wildman–Crippen LogP) is 4.79. The summed E-state index contributed by atoms with van der Waals surface area (Å²) in [4.78, 5) is 15.4. The second-order valence-electron chi connectivity index (χ2n) is 6.35. The minimum absolute atomic E-state index is 0.0258. The topological polar surface area (TPSA) is 38.8 Å². The number of carbonyl (C=O) groups is 1. The predicted molar refractivity (Wildman–Crippen MR) is 111 cm³/mol. The first-order chi connectivity index (χ1) is 12.6. The maximum Gasteiger partial charge on any atom is 0.266 e. The maximum absolute atomic E-state index is 12.9. The highest BCUT2D eigenvalue weighted by atomic mass is 32.2. The Morgan fingerprint density at radius 1 is 1.31 bits per heavy atom. The van der Waals surface area contributed by atoms with E-state index in [-0.39, 0.29) is 11.9 Å². The number of thiocarbonyl (C=S) groups is 1. The lowest BCUT2D eigenvalue weighted by molar-refractivity contribution is -0.124. The summed E-state index contributed by atoms with van der Waals surface area (Å²) >= 11 is 6.87. The molecule has 0 atom stereocenters. The van der Waals surface area contributed by atoms with Gasteiger partial charge >= 0.3 is 0 Å². The molecule has 1 aliphatic carbocycles. The van der Waals surface area contributed by atoms with E-state index in [0.29, 0.717) is 27.3 Å². The lowest BCUT2D eigenvalue weighted by Crippen LogP contribution is -2.39. The molecule has 0 N–H and O–H groups in total. The third-order valence-electron chi connectivity index (χ3n) is 4.61. The van der Waals surface area contributed by atoms with Gasteiger partial charge in [0.15, 0.2) is 11.5 Å². The quantitative estimate of drug-likeness (QED) is 0.397. The van der Waals surface area contributed by atoms with Gasteiger partial charge in [0.25, 0.3) is 5.91 Å². The molecule has 1 saturated carbocycles. The molecule has 0 unspecified atom stereocenters. The molecule has 138 valence electrons. The van der Waals surface area contributed by atoms with Crippen LogP contribution < -0.4 is 9.47 Å². The molecule has 0 spiro atoms. The number of methoxy groups -OCH3 is 1. The Labute approximate surface area is 164 Å². The molecule has 2 aliphatic rings. The van der Waals surface area contributed by atoms with Crippen molar-refractivity contribution in [1.82, 2.24) is 4.90 Å². The molecule has 26 heavy (non-hydrogen) atoms. The van der Waals surface area contributed by atoms with Crippen molar-refractivity contribution in [2.75, 3.05) is 13.7 Å². The number of benzene rings is 1. The molecule has 4 nitrogen and oxygen atoms in total. The molecule has 1 amide bonds. The molecular formula is C20H23NO3S2. The van der Waals surface area contributed by atoms with Crippen LogP contribution >= 0.6 is 24.0 Å². The van der Waals surface area contributed by atoms with Gasteiger partial charge < -0.3 is 9.47 Å². The highest BCUT2D eigenvalue weighted by molar-refractivity contribution is 8.26. The standard InChI is InChI=1S/C20H23NO3S2/c1-3-11-24-16-10-9-14(12-17(16)23-2)13-18-19(22)21(20(25)26-18)15-7-5-4-6-8-15/h3,9-10,12-13,15H,1,4-8,11H2,2H3/b18-13-. The number of hydrogen-bond acceptors (Lipinski definition) is 5. The Balaban J connectivity index is 1.80. The summed E-state index contributed by atoms with van der Waals surface area (Å²) in [6.07, 6.45) is 9.24. The van der Waals surface area contributed by atoms with Crippen LogP contribution in [0.2, 0.25) is 0 Å². The first-order valence-electron chi connectivity index (χ1n) is 8.83. The van der Waals surface area contributed by atoms with Gasteiger partial charge in [0.1, 0.15) is 10.9 Å². The Hall–Kier alpha value is -1.79. The fourth-order valence-electron chi connectivity index (χ4n) is 3.33. The second-order valence-corrected chi connectivity index (χ2v) is 8.03. The van der Waals surface area contributed by atoms with Crippen LogP contribution in [-0.2, 0) is 4.79 Å². The van der Waals surface area contributed by atoms with Gasteiger partial charge in [0.2, 0.25) is 0 Å². The Kier molecular flexibility index (Phi) is 6.38. The molecule has 6 heteroatoms. The minimum atomic E-state index is 0.0258. The van der Waals surface area contributed by atoms with Crippen LogP contribution in [-0.4, -0.2) is 34.9 Å². The van der Waals surface area contributed by atoms with E-state index in [1.54, 1.807) is 13.2 Å². The summed E-state index contributed by atoms with van der Waals surface area (Å²) in [5.41, 5.74) is 0.886. The molecule has 1 heterocycles. The summed E-state index contributed by atoms with van der Waals surface area (Å²) in [7, 11) is 1.60. The third kappa shape index (κ3) is 4.13. The summed E-state index contributed by atoms with van der Waals surface area (Å²) in [5, 5.41) is 0. The molecule has 0 bridgehead atoms. The highest BCUT2D eigenvalue weighted by Crippen LogP contribution is 2.38. The third-order valence-corrected chi connectivity index (χ3v) is 5.94. The lowest BCUT2D eigenvalue weighted by atomic mass is 9.94. The van der Waals surface area contributed by atoms with E-state index in [4.69, 9.17) is 21.7 Å². The van der Waals surface area contributed by atoms with E-state index in [0.717, 1.165) is 18.4 Å². The van der Waals surface area contributed by atoms with E-state index >= 15 is 0 Å². The van der Waals surface area contributed by atoms with Crippen LogP contribution in [0.3, 0.4) is 0 Å². The fraction of sp³-hybridized carbons (Fsp3) is 0.400. The van der Waals surface area contributed by atoms with E-state index < -0.39 is 0 Å². The monoisotopic (exact) mass is 389 g/mol. The zero-order chi connectivity index (χ0) is 18.5. The number of amides is 1. The van der Waals surface area contributed by atoms with Crippen LogP contribution in [0.1, 0.15) is 37.7 Å². The summed E-state index contributed by atoms with van der Waals surface area (Å²) in [5.74, 6) is 1.31. The van der Waals surface area contributed by atoms with Gasteiger partial charge in [-0.05, 0) is 36.6 Å². The van der Waals surface area contributed by atoms with Crippen LogP contribution in [0.25, 0.3) is 6.08 Å². The first kappa shape index (κ1) is 19.0. The minimum Gasteiger partial charge on any atom is -0.493 e. The van der Waals surface area contributed by atoms with Gasteiger partial charge in [-0.3, -0.25) is 9.69 Å². The van der Waals surface area contributed by atoms with Crippen LogP contribution in [0.15, 0.2) is 35.8 Å². The van der Waals surface area contributed by atoms with Gasteiger partial charge in [0, 0.05) is 6.04 Å². The van der Waals surface area contributed by atoms with Gasteiger partial charge in [-0.15, -0.1) is 0 Å². The molecule has 1 aromatic rings. The van der Waals surface area contributed by atoms with E-state index in [2.05, 4.69) is 6.58 Å². The highest BCUT2D eigenvalue weighted by Gasteiger charge is 2.37. The molecule has 3 rings (SSSR count). The average molecular weight is 390 g/mol. The van der Waals surface area contributed by atoms with Crippen LogP contribution in [0.5, 0.6) is 11.5 Å². The van der Waals surface area contributed by atoms with Crippen LogP contribution in [0, 0.1) is 0 Å². The SMILES string of the molecule is C=CCOc1ccc(/C=C2\SC(=S)N(C3CCCCC3)C2=O)cc1OC. The van der Waals surface area contributed by atoms with Crippen molar-refractivity contribution >= 4 is 40.3 Å². The summed E-state index contributed by atoms with van der Waals surface area (Å²) < 4.78 is 11.6. The van der Waals surface area contributed by atoms with Crippen molar-refractivity contribution in [3.05, 3.63) is 41.3 Å². The van der Waals surface area contributed by atoms with Gasteiger partial charge in [-0.1, -0.05) is 62.0 Å². The number of hydrogen-bond donors (Lipinski definition) is 0. The van der Waals surface area contributed by atoms with Gasteiger partial charge in [0.05, 0.1) is 12.0 Å². The van der Waals surface area contributed by atoms with E-state index in [1.165, 1.54) is 31.0 Å². The maximum atomic E-state index is 12.9. The number of ether oxygens (including phenoxy) is 2. The molecule has 1 aromatic carbocycles. The van der Waals surface area contributed by atoms with E-state index in [1.807, 2.05) is 29.2 Å². The second kappa shape index (κ2) is 8.73. The molecule has 0 aromatic heterocycles. The number of rotatable bonds is 6. The van der Waals surface area contributed by atoms with Gasteiger partial charge in [-0.2, -0.15) is 0 Å². The van der Waals surface area contributed by atoms with E-state index in [9.17, 15) is 4.79 Å². The van der Waals surface area contributed by atoms with Crippen molar-refractivity contribution < 1.29 is 14.3 Å². The smallest absolute Gasteiger partial charge is 0.266 e. The Bertz CT molecular complexity index is 739. The Morgan fingerprint density at radius 3 is 2.77 bits per heavy atom. The largest absolute Gasteiger partial charge is 0.493 e. The van der Waals surface area contributed by atoms with Gasteiger partial charge in [-0.25, -0.2) is 0 Å². The lowest BCUT2D eigenvalue weighted by Gasteiger charge is -2.29. The average Bonchev–Trinajstić information content (AvgIpc) is 2.94. The summed E-state index contributed by atoms with van der Waals surface area (Å²) in [6, 6.07) is 5.88. The molecular weight excluding hydrogens is 366 g/mol. The number of carbonyl (C=O) groups excluding carboxylic acids is 1. The number of nitrogens with zero attached hydrogens (tertiary/aromatic N) is 1. The van der Waals surface area contributed by atoms with Crippen molar-refractivity contribution in [1.29, 1.82) is 0 Å². The van der Waals surface area contributed by atoms with Crippen LogP contribution in [0.4, 0.5) is 0 Å².